The predicted octanol–water partition coefficient (Wildman–Crippen LogP) is 1.10. The highest BCUT2D eigenvalue weighted by Crippen LogP contribution is 2.28. The molecular formula is C7H9F3N4. The van der Waals surface area contributed by atoms with E-state index in [0.717, 1.165) is 6.07 Å². The molecule has 1 rings (SSSR count). The van der Waals surface area contributed by atoms with Crippen LogP contribution in [0.15, 0.2) is 6.07 Å². The summed E-state index contributed by atoms with van der Waals surface area (Å²) < 4.78 is 36.7. The second-order valence-corrected chi connectivity index (χ2v) is 2.82. The molecule has 0 saturated carbocycles. The molecule has 1 aromatic heterocycles. The van der Waals surface area contributed by atoms with Crippen molar-refractivity contribution >= 4 is 5.95 Å². The largest absolute Gasteiger partial charge is 0.433 e. The van der Waals surface area contributed by atoms with Gasteiger partial charge in [-0.05, 0) is 13.0 Å². The van der Waals surface area contributed by atoms with Gasteiger partial charge in [-0.2, -0.15) is 13.2 Å². The van der Waals surface area contributed by atoms with Crippen molar-refractivity contribution in [1.29, 1.82) is 0 Å². The molecule has 0 aliphatic carbocycles. The molecule has 0 aliphatic heterocycles. The number of anilines is 1. The van der Waals surface area contributed by atoms with Gasteiger partial charge in [0.2, 0.25) is 5.95 Å². The second kappa shape index (κ2) is 3.41. The summed E-state index contributed by atoms with van der Waals surface area (Å²) in [4.78, 5) is 6.66. The third-order valence-corrected chi connectivity index (χ3v) is 1.52. The van der Waals surface area contributed by atoms with Gasteiger partial charge in [-0.25, -0.2) is 9.97 Å². The molecule has 0 radical (unpaired) electrons. The average molecular weight is 206 g/mol. The Balaban J connectivity index is 3.21. The highest BCUT2D eigenvalue weighted by atomic mass is 19.4. The third-order valence-electron chi connectivity index (χ3n) is 1.52. The molecule has 7 heteroatoms. The lowest BCUT2D eigenvalue weighted by Gasteiger charge is -2.10. The fraction of sp³-hybridized carbons (Fsp3) is 0.429. The lowest BCUT2D eigenvalue weighted by molar-refractivity contribution is -0.141. The van der Waals surface area contributed by atoms with Gasteiger partial charge in [-0.1, -0.05) is 0 Å². The van der Waals surface area contributed by atoms with Crippen LogP contribution in [0.4, 0.5) is 19.1 Å². The summed E-state index contributed by atoms with van der Waals surface area (Å²) in [6, 6.07) is 0.183. The van der Waals surface area contributed by atoms with Crippen LogP contribution in [-0.4, -0.2) is 9.97 Å². The zero-order valence-corrected chi connectivity index (χ0v) is 7.34. The average Bonchev–Trinajstić information content (AvgIpc) is 2.01. The lowest BCUT2D eigenvalue weighted by atomic mass is 10.2. The van der Waals surface area contributed by atoms with E-state index in [2.05, 4.69) is 9.97 Å². The van der Waals surface area contributed by atoms with Gasteiger partial charge in [-0.15, -0.1) is 0 Å². The molecule has 1 heterocycles. The van der Waals surface area contributed by atoms with E-state index in [4.69, 9.17) is 11.5 Å². The number of alkyl halides is 3. The number of hydrogen-bond donors (Lipinski definition) is 2. The van der Waals surface area contributed by atoms with Crippen molar-refractivity contribution < 1.29 is 13.2 Å². The summed E-state index contributed by atoms with van der Waals surface area (Å²) in [5.41, 5.74) is 9.50. The van der Waals surface area contributed by atoms with Crippen molar-refractivity contribution in [3.05, 3.63) is 17.5 Å². The van der Waals surface area contributed by atoms with E-state index in [1.165, 1.54) is 6.92 Å². The maximum absolute atomic E-state index is 12.2. The number of nitrogens with zero attached hydrogens (tertiary/aromatic N) is 2. The summed E-state index contributed by atoms with van der Waals surface area (Å²) in [6.45, 7) is 1.52. The van der Waals surface area contributed by atoms with E-state index in [-0.39, 0.29) is 5.69 Å². The highest BCUT2D eigenvalue weighted by Gasteiger charge is 2.33. The normalized spacial score (nSPS) is 14.1. The Morgan fingerprint density at radius 2 is 1.93 bits per heavy atom. The lowest BCUT2D eigenvalue weighted by Crippen LogP contribution is -2.15. The molecule has 0 spiro atoms. The SMILES string of the molecule is C[C@@H](N)c1cc(C(F)(F)F)nc(N)n1. The molecule has 0 bridgehead atoms. The summed E-state index contributed by atoms with van der Waals surface area (Å²) in [6.07, 6.45) is -4.53. The standard InChI is InChI=1S/C7H9F3N4/c1-3(11)4-2-5(7(8,9)10)14-6(12)13-4/h2-3H,11H2,1H3,(H2,12,13,14)/t3-/m1/s1. The molecule has 0 amide bonds. The smallest absolute Gasteiger partial charge is 0.368 e. The molecular weight excluding hydrogens is 197 g/mol. The van der Waals surface area contributed by atoms with Crippen LogP contribution in [0, 0.1) is 0 Å². The van der Waals surface area contributed by atoms with Gasteiger partial charge < -0.3 is 11.5 Å². The minimum atomic E-state index is -4.53. The summed E-state index contributed by atoms with van der Waals surface area (Å²) in [7, 11) is 0. The molecule has 78 valence electrons. The minimum Gasteiger partial charge on any atom is -0.368 e. The van der Waals surface area contributed by atoms with Gasteiger partial charge >= 0.3 is 6.18 Å². The van der Waals surface area contributed by atoms with E-state index < -0.39 is 23.9 Å². The number of nitrogen functional groups attached to an aromatic ring is 1. The Labute approximate surface area is 78.1 Å². The van der Waals surface area contributed by atoms with Gasteiger partial charge in [0.25, 0.3) is 0 Å². The molecule has 14 heavy (non-hydrogen) atoms. The van der Waals surface area contributed by atoms with Crippen LogP contribution in [0.5, 0.6) is 0 Å². The predicted molar refractivity (Wildman–Crippen MR) is 44.0 cm³/mol. The van der Waals surface area contributed by atoms with Crippen molar-refractivity contribution in [2.45, 2.75) is 19.1 Å². The molecule has 0 aromatic carbocycles. The van der Waals surface area contributed by atoms with Gasteiger partial charge in [0.15, 0.2) is 0 Å². The maximum atomic E-state index is 12.2. The number of halogens is 3. The fourth-order valence-corrected chi connectivity index (χ4v) is 0.864. The fourth-order valence-electron chi connectivity index (χ4n) is 0.864. The molecule has 1 aromatic rings. The van der Waals surface area contributed by atoms with Crippen molar-refractivity contribution in [3.8, 4) is 0 Å². The first kappa shape index (κ1) is 10.7. The van der Waals surface area contributed by atoms with Crippen molar-refractivity contribution in [2.75, 3.05) is 5.73 Å². The van der Waals surface area contributed by atoms with E-state index in [1.807, 2.05) is 0 Å². The summed E-state index contributed by atoms with van der Waals surface area (Å²) in [5.74, 6) is -0.424. The first-order valence-electron chi connectivity index (χ1n) is 3.78. The minimum absolute atomic E-state index is 0.0739. The molecule has 4 N–H and O–H groups in total. The molecule has 0 saturated heterocycles. The number of hydrogen-bond acceptors (Lipinski definition) is 4. The molecule has 0 unspecified atom stereocenters. The monoisotopic (exact) mass is 206 g/mol. The van der Waals surface area contributed by atoms with E-state index in [1.54, 1.807) is 0 Å². The Hall–Kier alpha value is -1.37. The Morgan fingerprint density at radius 1 is 1.36 bits per heavy atom. The highest BCUT2D eigenvalue weighted by molar-refractivity contribution is 5.25. The molecule has 0 fully saturated rings. The Morgan fingerprint density at radius 3 is 2.36 bits per heavy atom. The zero-order chi connectivity index (χ0) is 10.9. The second-order valence-electron chi connectivity index (χ2n) is 2.82. The Kier molecular flexibility index (Phi) is 2.61. The van der Waals surface area contributed by atoms with E-state index in [0.29, 0.717) is 0 Å². The molecule has 0 aliphatic rings. The first-order chi connectivity index (χ1) is 6.30. The summed E-state index contributed by atoms with van der Waals surface area (Å²) >= 11 is 0. The van der Waals surface area contributed by atoms with Crippen LogP contribution in [0.25, 0.3) is 0 Å². The summed E-state index contributed by atoms with van der Waals surface area (Å²) in [5, 5.41) is 0. The van der Waals surface area contributed by atoms with E-state index >= 15 is 0 Å². The number of aromatic nitrogens is 2. The first-order valence-corrected chi connectivity index (χ1v) is 3.78. The zero-order valence-electron chi connectivity index (χ0n) is 7.34. The number of nitrogens with two attached hydrogens (primary N) is 2. The van der Waals surface area contributed by atoms with Crippen LogP contribution in [0.2, 0.25) is 0 Å². The quantitative estimate of drug-likeness (QED) is 0.721. The van der Waals surface area contributed by atoms with Gasteiger partial charge in [0.05, 0.1) is 5.69 Å². The maximum Gasteiger partial charge on any atom is 0.433 e. The van der Waals surface area contributed by atoms with Gasteiger partial charge in [0.1, 0.15) is 5.69 Å². The van der Waals surface area contributed by atoms with Crippen LogP contribution in [0.1, 0.15) is 24.4 Å². The van der Waals surface area contributed by atoms with Gasteiger partial charge in [-0.3, -0.25) is 0 Å². The van der Waals surface area contributed by atoms with Crippen molar-refractivity contribution in [1.82, 2.24) is 9.97 Å². The van der Waals surface area contributed by atoms with Crippen LogP contribution in [0.3, 0.4) is 0 Å². The van der Waals surface area contributed by atoms with Crippen molar-refractivity contribution in [3.63, 3.8) is 0 Å². The van der Waals surface area contributed by atoms with Crippen LogP contribution >= 0.6 is 0 Å². The third kappa shape index (κ3) is 2.32. The van der Waals surface area contributed by atoms with Crippen LogP contribution < -0.4 is 11.5 Å². The van der Waals surface area contributed by atoms with Crippen LogP contribution in [-0.2, 0) is 6.18 Å². The van der Waals surface area contributed by atoms with E-state index in [9.17, 15) is 13.2 Å². The molecule has 4 nitrogen and oxygen atoms in total. The number of rotatable bonds is 1. The van der Waals surface area contributed by atoms with Crippen molar-refractivity contribution in [2.24, 2.45) is 5.73 Å². The topological polar surface area (TPSA) is 77.8 Å². The Bertz CT molecular complexity index is 334. The molecule has 1 atom stereocenters. The van der Waals surface area contributed by atoms with Gasteiger partial charge in [0, 0.05) is 6.04 Å².